The largest absolute Gasteiger partial charge is 0.368 e. The number of anilines is 2. The second-order valence-electron chi connectivity index (χ2n) is 5.04. The third-order valence-corrected chi connectivity index (χ3v) is 2.92. The van der Waals surface area contributed by atoms with E-state index in [0.29, 0.717) is 28.1 Å². The van der Waals surface area contributed by atoms with Gasteiger partial charge in [0.05, 0.1) is 0 Å². The third-order valence-electron chi connectivity index (χ3n) is 2.68. The Morgan fingerprint density at radius 3 is 2.52 bits per heavy atom. The zero-order valence-corrected chi connectivity index (χ0v) is 12.7. The van der Waals surface area contributed by atoms with Crippen LogP contribution in [-0.2, 0) is 0 Å². The van der Waals surface area contributed by atoms with Crippen molar-refractivity contribution < 1.29 is 4.79 Å². The molecule has 0 aliphatic rings. The van der Waals surface area contributed by atoms with Gasteiger partial charge < -0.3 is 10.6 Å². The molecule has 0 spiro atoms. The van der Waals surface area contributed by atoms with Crippen LogP contribution in [0.15, 0.2) is 36.4 Å². The predicted molar refractivity (Wildman–Crippen MR) is 84.8 cm³/mol. The van der Waals surface area contributed by atoms with Crippen molar-refractivity contribution in [3.05, 3.63) is 47.0 Å². The monoisotopic (exact) mass is 304 g/mol. The number of rotatable bonds is 5. The smallest absolute Gasteiger partial charge is 0.256 e. The quantitative estimate of drug-likeness (QED) is 0.888. The van der Waals surface area contributed by atoms with Crippen molar-refractivity contribution in [1.82, 2.24) is 10.2 Å². The minimum Gasteiger partial charge on any atom is -0.368 e. The van der Waals surface area contributed by atoms with E-state index in [0.717, 1.165) is 6.54 Å². The lowest BCUT2D eigenvalue weighted by atomic mass is 10.2. The summed E-state index contributed by atoms with van der Waals surface area (Å²) in [7, 11) is 0. The van der Waals surface area contributed by atoms with Crippen LogP contribution in [0, 0.1) is 5.92 Å². The van der Waals surface area contributed by atoms with Crippen LogP contribution in [0.25, 0.3) is 0 Å². The highest BCUT2D eigenvalue weighted by atomic mass is 35.5. The molecule has 0 radical (unpaired) electrons. The fourth-order valence-corrected chi connectivity index (χ4v) is 1.81. The van der Waals surface area contributed by atoms with Crippen LogP contribution in [0.1, 0.15) is 24.2 Å². The van der Waals surface area contributed by atoms with Crippen molar-refractivity contribution in [2.45, 2.75) is 13.8 Å². The Kier molecular flexibility index (Phi) is 5.11. The van der Waals surface area contributed by atoms with Crippen molar-refractivity contribution in [1.29, 1.82) is 0 Å². The number of halogens is 1. The predicted octanol–water partition coefficient (Wildman–Crippen LogP) is 3.45. The van der Waals surface area contributed by atoms with Gasteiger partial charge in [-0.1, -0.05) is 31.5 Å². The molecule has 2 aromatic rings. The minimum absolute atomic E-state index is 0.269. The Balaban J connectivity index is 1.98. The van der Waals surface area contributed by atoms with Gasteiger partial charge in [-0.05, 0) is 36.2 Å². The van der Waals surface area contributed by atoms with E-state index in [9.17, 15) is 4.79 Å². The number of hydrogen-bond acceptors (Lipinski definition) is 4. The Morgan fingerprint density at radius 1 is 1.19 bits per heavy atom. The lowest BCUT2D eigenvalue weighted by molar-refractivity contribution is 0.102. The summed E-state index contributed by atoms with van der Waals surface area (Å²) >= 11 is 5.86. The Hall–Kier alpha value is -2.14. The average Bonchev–Trinajstić information content (AvgIpc) is 2.46. The van der Waals surface area contributed by atoms with E-state index in [1.54, 1.807) is 36.4 Å². The first-order valence-corrected chi connectivity index (χ1v) is 7.07. The van der Waals surface area contributed by atoms with Crippen LogP contribution in [-0.4, -0.2) is 22.6 Å². The van der Waals surface area contributed by atoms with Crippen molar-refractivity contribution in [2.24, 2.45) is 5.92 Å². The molecule has 0 unspecified atom stereocenters. The number of amides is 1. The number of aromatic nitrogens is 2. The van der Waals surface area contributed by atoms with Crippen molar-refractivity contribution >= 4 is 29.1 Å². The fourth-order valence-electron chi connectivity index (χ4n) is 1.62. The molecular formula is C15H17ClN4O. The molecule has 0 atom stereocenters. The van der Waals surface area contributed by atoms with E-state index < -0.39 is 0 Å². The highest BCUT2D eigenvalue weighted by Gasteiger charge is 2.07. The van der Waals surface area contributed by atoms with E-state index in [2.05, 4.69) is 34.7 Å². The second-order valence-corrected chi connectivity index (χ2v) is 5.48. The van der Waals surface area contributed by atoms with Crippen molar-refractivity contribution in [3.63, 3.8) is 0 Å². The molecule has 110 valence electrons. The lowest BCUT2D eigenvalue weighted by Gasteiger charge is -2.08. The molecule has 1 aromatic carbocycles. The first-order valence-electron chi connectivity index (χ1n) is 6.69. The number of benzene rings is 1. The van der Waals surface area contributed by atoms with Crippen molar-refractivity contribution in [3.8, 4) is 0 Å². The molecule has 2 N–H and O–H groups in total. The van der Waals surface area contributed by atoms with Gasteiger partial charge in [-0.2, -0.15) is 0 Å². The molecule has 0 saturated carbocycles. The maximum atomic E-state index is 12.0. The van der Waals surface area contributed by atoms with E-state index in [1.807, 2.05) is 0 Å². The molecule has 6 heteroatoms. The molecule has 1 amide bonds. The van der Waals surface area contributed by atoms with Gasteiger partial charge in [0, 0.05) is 17.1 Å². The number of hydrogen-bond donors (Lipinski definition) is 2. The zero-order chi connectivity index (χ0) is 15.2. The standard InChI is InChI=1S/C15H17ClN4O/c1-10(2)9-17-13-6-7-14(20-19-13)18-15(21)11-4-3-5-12(16)8-11/h3-8,10H,9H2,1-2H3,(H,17,19)(H,18,20,21). The molecule has 0 saturated heterocycles. The van der Waals surface area contributed by atoms with Gasteiger partial charge in [0.1, 0.15) is 5.82 Å². The average molecular weight is 305 g/mol. The van der Waals surface area contributed by atoms with Gasteiger partial charge in [-0.25, -0.2) is 0 Å². The van der Waals surface area contributed by atoms with E-state index in [-0.39, 0.29) is 5.91 Å². The Bertz CT molecular complexity index is 613. The molecule has 0 aliphatic heterocycles. The molecule has 21 heavy (non-hydrogen) atoms. The van der Waals surface area contributed by atoms with Gasteiger partial charge in [0.2, 0.25) is 0 Å². The molecule has 5 nitrogen and oxygen atoms in total. The van der Waals surface area contributed by atoms with Crippen LogP contribution in [0.2, 0.25) is 5.02 Å². The summed E-state index contributed by atoms with van der Waals surface area (Å²) in [6, 6.07) is 10.2. The highest BCUT2D eigenvalue weighted by molar-refractivity contribution is 6.31. The second kappa shape index (κ2) is 7.04. The van der Waals surface area contributed by atoms with Gasteiger partial charge in [0.15, 0.2) is 5.82 Å². The van der Waals surface area contributed by atoms with Gasteiger partial charge in [0.25, 0.3) is 5.91 Å². The normalized spacial score (nSPS) is 10.5. The number of nitrogens with one attached hydrogen (secondary N) is 2. The van der Waals surface area contributed by atoms with Gasteiger partial charge in [-0.3, -0.25) is 4.79 Å². The highest BCUT2D eigenvalue weighted by Crippen LogP contribution is 2.13. The molecule has 0 fully saturated rings. The van der Waals surface area contributed by atoms with Crippen LogP contribution >= 0.6 is 11.6 Å². The molecule has 0 bridgehead atoms. The van der Waals surface area contributed by atoms with Crippen LogP contribution in [0.5, 0.6) is 0 Å². The first-order chi connectivity index (χ1) is 10.0. The Morgan fingerprint density at radius 2 is 1.90 bits per heavy atom. The lowest BCUT2D eigenvalue weighted by Crippen LogP contribution is -2.14. The summed E-state index contributed by atoms with van der Waals surface area (Å²) in [6.45, 7) is 5.04. The SMILES string of the molecule is CC(C)CNc1ccc(NC(=O)c2cccc(Cl)c2)nn1. The van der Waals surface area contributed by atoms with E-state index in [4.69, 9.17) is 11.6 Å². The van der Waals surface area contributed by atoms with Gasteiger partial charge >= 0.3 is 0 Å². The summed E-state index contributed by atoms with van der Waals surface area (Å²) in [5.74, 6) is 1.34. The number of nitrogens with zero attached hydrogens (tertiary/aromatic N) is 2. The summed E-state index contributed by atoms with van der Waals surface area (Å²) in [5.41, 5.74) is 0.478. The minimum atomic E-state index is -0.269. The number of carbonyl (C=O) groups excluding carboxylic acids is 1. The topological polar surface area (TPSA) is 66.9 Å². The van der Waals surface area contributed by atoms with Crippen LogP contribution in [0.3, 0.4) is 0 Å². The Labute approximate surface area is 128 Å². The van der Waals surface area contributed by atoms with E-state index >= 15 is 0 Å². The summed E-state index contributed by atoms with van der Waals surface area (Å²) in [4.78, 5) is 12.0. The maximum Gasteiger partial charge on any atom is 0.256 e. The maximum absolute atomic E-state index is 12.0. The molecule has 1 heterocycles. The van der Waals surface area contributed by atoms with E-state index in [1.165, 1.54) is 0 Å². The third kappa shape index (κ3) is 4.72. The van der Waals surface area contributed by atoms with Crippen molar-refractivity contribution in [2.75, 3.05) is 17.2 Å². The zero-order valence-electron chi connectivity index (χ0n) is 11.9. The first kappa shape index (κ1) is 15.3. The molecule has 1 aromatic heterocycles. The number of carbonyl (C=O) groups is 1. The summed E-state index contributed by atoms with van der Waals surface area (Å²) in [5, 5.41) is 14.3. The molecule has 2 rings (SSSR count). The molecular weight excluding hydrogens is 288 g/mol. The van der Waals surface area contributed by atoms with Crippen LogP contribution in [0.4, 0.5) is 11.6 Å². The summed E-state index contributed by atoms with van der Waals surface area (Å²) in [6.07, 6.45) is 0. The van der Waals surface area contributed by atoms with Gasteiger partial charge in [-0.15, -0.1) is 10.2 Å². The fraction of sp³-hybridized carbons (Fsp3) is 0.267. The molecule has 0 aliphatic carbocycles. The van der Waals surface area contributed by atoms with Crippen LogP contribution < -0.4 is 10.6 Å². The summed E-state index contributed by atoms with van der Waals surface area (Å²) < 4.78 is 0.